The molecule has 1 rings (SSSR count). The van der Waals surface area contributed by atoms with Gasteiger partial charge in [0.1, 0.15) is 0 Å². The van der Waals surface area contributed by atoms with Crippen molar-refractivity contribution in [1.82, 2.24) is 9.80 Å². The maximum absolute atomic E-state index is 12.4. The van der Waals surface area contributed by atoms with Gasteiger partial charge in [-0.3, -0.25) is 9.69 Å². The lowest BCUT2D eigenvalue weighted by atomic mass is 9.93. The van der Waals surface area contributed by atoms with Gasteiger partial charge >= 0.3 is 0 Å². The molecule has 1 unspecified atom stereocenters. The van der Waals surface area contributed by atoms with Crippen molar-refractivity contribution in [3.8, 4) is 0 Å². The molecule has 1 atom stereocenters. The zero-order valence-corrected chi connectivity index (χ0v) is 13.1. The highest BCUT2D eigenvalue weighted by molar-refractivity contribution is 5.78. The van der Waals surface area contributed by atoms with E-state index in [1.807, 2.05) is 7.05 Å². The van der Waals surface area contributed by atoms with Crippen LogP contribution in [0.3, 0.4) is 0 Å². The summed E-state index contributed by atoms with van der Waals surface area (Å²) in [6, 6.07) is 0.456. The highest BCUT2D eigenvalue weighted by Crippen LogP contribution is 2.20. The Balaban J connectivity index is 2.49. The van der Waals surface area contributed by atoms with Crippen LogP contribution in [0.25, 0.3) is 0 Å². The molecule has 0 bridgehead atoms. The van der Waals surface area contributed by atoms with Crippen molar-refractivity contribution in [2.45, 2.75) is 52.5 Å². The molecular weight excluding hydrogens is 238 g/mol. The van der Waals surface area contributed by atoms with E-state index in [9.17, 15) is 4.79 Å². The summed E-state index contributed by atoms with van der Waals surface area (Å²) in [6.45, 7) is 9.42. The van der Waals surface area contributed by atoms with Crippen molar-refractivity contribution >= 4 is 5.91 Å². The third kappa shape index (κ3) is 5.11. The summed E-state index contributed by atoms with van der Waals surface area (Å²) in [7, 11) is 2.01. The Morgan fingerprint density at radius 2 is 2.11 bits per heavy atom. The van der Waals surface area contributed by atoms with Gasteiger partial charge < -0.3 is 10.6 Å². The average molecular weight is 269 g/mol. The molecule has 1 heterocycles. The Morgan fingerprint density at radius 3 is 2.68 bits per heavy atom. The molecule has 0 aromatic rings. The summed E-state index contributed by atoms with van der Waals surface area (Å²) >= 11 is 0. The lowest BCUT2D eigenvalue weighted by Gasteiger charge is -2.37. The number of nitrogens with two attached hydrogens (primary N) is 1. The fourth-order valence-electron chi connectivity index (χ4n) is 2.93. The van der Waals surface area contributed by atoms with Crippen LogP contribution >= 0.6 is 0 Å². The minimum Gasteiger partial charge on any atom is -0.339 e. The molecule has 1 saturated heterocycles. The van der Waals surface area contributed by atoms with Crippen molar-refractivity contribution in [2.75, 3.05) is 33.2 Å². The summed E-state index contributed by atoms with van der Waals surface area (Å²) in [4.78, 5) is 16.6. The second-order valence-corrected chi connectivity index (χ2v) is 6.69. The van der Waals surface area contributed by atoms with Crippen LogP contribution in [0.4, 0.5) is 0 Å². The molecule has 112 valence electrons. The monoisotopic (exact) mass is 269 g/mol. The van der Waals surface area contributed by atoms with Crippen molar-refractivity contribution in [2.24, 2.45) is 11.1 Å². The van der Waals surface area contributed by atoms with Crippen LogP contribution in [0.2, 0.25) is 0 Å². The Morgan fingerprint density at radius 1 is 1.42 bits per heavy atom. The Hall–Kier alpha value is -0.610. The SMILES string of the molecule is CCC1CCCCN1C(=O)CN(C)CC(C)(C)CN. The van der Waals surface area contributed by atoms with E-state index < -0.39 is 0 Å². The lowest BCUT2D eigenvalue weighted by Crippen LogP contribution is -2.48. The maximum Gasteiger partial charge on any atom is 0.236 e. The molecule has 0 aromatic heterocycles. The molecule has 0 aromatic carbocycles. The van der Waals surface area contributed by atoms with Gasteiger partial charge in [0, 0.05) is 19.1 Å². The molecule has 4 nitrogen and oxygen atoms in total. The molecule has 1 aliphatic rings. The van der Waals surface area contributed by atoms with Crippen LogP contribution in [0.5, 0.6) is 0 Å². The van der Waals surface area contributed by atoms with Crippen molar-refractivity contribution in [3.63, 3.8) is 0 Å². The first-order valence-corrected chi connectivity index (χ1v) is 7.57. The number of carbonyl (C=O) groups excluding carboxylic acids is 1. The van der Waals surface area contributed by atoms with E-state index in [2.05, 4.69) is 30.6 Å². The molecule has 0 radical (unpaired) electrons. The molecule has 0 saturated carbocycles. The first kappa shape index (κ1) is 16.4. The summed E-state index contributed by atoms with van der Waals surface area (Å²) in [5.41, 5.74) is 5.82. The Labute approximate surface area is 118 Å². The predicted molar refractivity (Wildman–Crippen MR) is 80.0 cm³/mol. The number of nitrogens with zero attached hydrogens (tertiary/aromatic N) is 2. The number of rotatable bonds is 6. The number of piperidine rings is 1. The third-order valence-corrected chi connectivity index (χ3v) is 4.07. The maximum atomic E-state index is 12.4. The van der Waals surface area contributed by atoms with E-state index in [4.69, 9.17) is 5.73 Å². The summed E-state index contributed by atoms with van der Waals surface area (Å²) in [6.07, 6.45) is 4.66. The van der Waals surface area contributed by atoms with Crippen LogP contribution in [0.15, 0.2) is 0 Å². The molecule has 1 aliphatic heterocycles. The van der Waals surface area contributed by atoms with Gasteiger partial charge in [0.05, 0.1) is 6.54 Å². The Kier molecular flexibility index (Phi) is 6.27. The molecule has 19 heavy (non-hydrogen) atoms. The van der Waals surface area contributed by atoms with E-state index in [0.29, 0.717) is 19.1 Å². The molecule has 0 spiro atoms. The van der Waals surface area contributed by atoms with Crippen molar-refractivity contribution in [3.05, 3.63) is 0 Å². The van der Waals surface area contributed by atoms with Crippen LogP contribution < -0.4 is 5.73 Å². The Bertz CT molecular complexity index is 291. The zero-order valence-electron chi connectivity index (χ0n) is 13.1. The van der Waals surface area contributed by atoms with E-state index in [1.165, 1.54) is 12.8 Å². The first-order valence-electron chi connectivity index (χ1n) is 7.57. The molecular formula is C15H31N3O. The van der Waals surface area contributed by atoms with Gasteiger partial charge in [-0.15, -0.1) is 0 Å². The second kappa shape index (κ2) is 7.25. The number of likely N-dealkylation sites (N-methyl/N-ethyl adjacent to an activating group) is 1. The van der Waals surface area contributed by atoms with Crippen LogP contribution in [-0.2, 0) is 4.79 Å². The van der Waals surface area contributed by atoms with Crippen LogP contribution in [-0.4, -0.2) is 55.0 Å². The van der Waals surface area contributed by atoms with Crippen molar-refractivity contribution < 1.29 is 4.79 Å². The van der Waals surface area contributed by atoms with Gasteiger partial charge in [-0.1, -0.05) is 20.8 Å². The van der Waals surface area contributed by atoms with E-state index in [1.54, 1.807) is 0 Å². The van der Waals surface area contributed by atoms with Crippen LogP contribution in [0.1, 0.15) is 46.5 Å². The average Bonchev–Trinajstić information content (AvgIpc) is 2.37. The molecule has 1 fully saturated rings. The fourth-order valence-corrected chi connectivity index (χ4v) is 2.93. The van der Waals surface area contributed by atoms with Gasteiger partial charge in [0.15, 0.2) is 0 Å². The quantitative estimate of drug-likeness (QED) is 0.798. The second-order valence-electron chi connectivity index (χ2n) is 6.69. The fraction of sp³-hybridized carbons (Fsp3) is 0.933. The van der Waals surface area contributed by atoms with Gasteiger partial charge in [-0.2, -0.15) is 0 Å². The van der Waals surface area contributed by atoms with Crippen LogP contribution in [0, 0.1) is 5.41 Å². The first-order chi connectivity index (χ1) is 8.89. The zero-order chi connectivity index (χ0) is 14.5. The summed E-state index contributed by atoms with van der Waals surface area (Å²) < 4.78 is 0. The largest absolute Gasteiger partial charge is 0.339 e. The van der Waals surface area contributed by atoms with Crippen molar-refractivity contribution in [1.29, 1.82) is 0 Å². The van der Waals surface area contributed by atoms with E-state index in [0.717, 1.165) is 25.9 Å². The van der Waals surface area contributed by atoms with Gasteiger partial charge in [0.25, 0.3) is 0 Å². The van der Waals surface area contributed by atoms with Gasteiger partial charge in [-0.25, -0.2) is 0 Å². The van der Waals surface area contributed by atoms with Gasteiger partial charge in [0.2, 0.25) is 5.91 Å². The topological polar surface area (TPSA) is 49.6 Å². The highest BCUT2D eigenvalue weighted by atomic mass is 16.2. The number of likely N-dealkylation sites (tertiary alicyclic amines) is 1. The number of carbonyl (C=O) groups is 1. The number of hydrogen-bond acceptors (Lipinski definition) is 3. The number of amides is 1. The smallest absolute Gasteiger partial charge is 0.236 e. The predicted octanol–water partition coefficient (Wildman–Crippen LogP) is 1.69. The normalized spacial score (nSPS) is 20.9. The molecule has 4 heteroatoms. The molecule has 1 amide bonds. The standard InChI is InChI=1S/C15H31N3O/c1-5-13-8-6-7-9-18(13)14(19)10-17(4)12-15(2,3)11-16/h13H,5-12,16H2,1-4H3. The van der Waals surface area contributed by atoms with Gasteiger partial charge in [-0.05, 0) is 44.7 Å². The van der Waals surface area contributed by atoms with E-state index in [-0.39, 0.29) is 11.3 Å². The number of hydrogen-bond donors (Lipinski definition) is 1. The third-order valence-electron chi connectivity index (χ3n) is 4.07. The van der Waals surface area contributed by atoms with E-state index >= 15 is 0 Å². The summed E-state index contributed by atoms with van der Waals surface area (Å²) in [5, 5.41) is 0. The lowest BCUT2D eigenvalue weighted by molar-refractivity contribution is -0.136. The molecule has 2 N–H and O–H groups in total. The summed E-state index contributed by atoms with van der Waals surface area (Å²) in [5.74, 6) is 0.280. The minimum absolute atomic E-state index is 0.0705. The highest BCUT2D eigenvalue weighted by Gasteiger charge is 2.27. The minimum atomic E-state index is 0.0705. The molecule has 0 aliphatic carbocycles.